The van der Waals surface area contributed by atoms with Crippen LogP contribution in [0.2, 0.25) is 0 Å². The van der Waals surface area contributed by atoms with Crippen molar-refractivity contribution in [2.45, 2.75) is 61.1 Å². The molecular formula is C17H25NO2S. The second-order valence-electron chi connectivity index (χ2n) is 5.86. The van der Waals surface area contributed by atoms with Gasteiger partial charge in [-0.15, -0.1) is 11.8 Å². The summed E-state index contributed by atoms with van der Waals surface area (Å²) in [6.45, 7) is 2.20. The molecule has 0 aliphatic heterocycles. The zero-order valence-corrected chi connectivity index (χ0v) is 13.5. The van der Waals surface area contributed by atoms with Gasteiger partial charge in [0.05, 0.1) is 4.75 Å². The molecule has 1 aromatic carbocycles. The summed E-state index contributed by atoms with van der Waals surface area (Å²) in [7, 11) is 0. The molecule has 2 rings (SSSR count). The van der Waals surface area contributed by atoms with Crippen LogP contribution in [0.15, 0.2) is 35.2 Å². The Labute approximate surface area is 131 Å². The fraction of sp³-hybridized carbons (Fsp3) is 0.588. The molecule has 0 radical (unpaired) electrons. The number of amides is 1. The minimum Gasteiger partial charge on any atom is -0.396 e. The number of thioether (sulfide) groups is 1. The van der Waals surface area contributed by atoms with Gasteiger partial charge in [-0.2, -0.15) is 0 Å². The van der Waals surface area contributed by atoms with Crippen molar-refractivity contribution in [1.29, 1.82) is 0 Å². The minimum atomic E-state index is -0.311. The molecule has 1 amide bonds. The van der Waals surface area contributed by atoms with E-state index in [9.17, 15) is 4.79 Å². The van der Waals surface area contributed by atoms with Gasteiger partial charge in [0.1, 0.15) is 0 Å². The highest BCUT2D eigenvalue weighted by molar-refractivity contribution is 8.01. The first-order valence-electron chi connectivity index (χ1n) is 7.82. The monoisotopic (exact) mass is 307 g/mol. The van der Waals surface area contributed by atoms with Crippen molar-refractivity contribution in [2.75, 3.05) is 6.61 Å². The summed E-state index contributed by atoms with van der Waals surface area (Å²) in [6, 6.07) is 10.3. The first-order chi connectivity index (χ1) is 10.2. The lowest BCUT2D eigenvalue weighted by molar-refractivity contribution is -0.124. The molecule has 1 aromatic rings. The van der Waals surface area contributed by atoms with Gasteiger partial charge >= 0.3 is 0 Å². The SMILES string of the molecule is CC(CCCO)NC(=O)C1(Sc2ccccc2)CCCC1. The lowest BCUT2D eigenvalue weighted by Gasteiger charge is -2.29. The standard InChI is InChI=1S/C17H25NO2S/c1-14(8-7-13-19)18-16(20)17(11-5-6-12-17)21-15-9-3-2-4-10-15/h2-4,9-10,14,19H,5-8,11-13H2,1H3,(H,18,20). The fourth-order valence-corrected chi connectivity index (χ4v) is 4.25. The second-order valence-corrected chi connectivity index (χ2v) is 7.31. The van der Waals surface area contributed by atoms with Crippen LogP contribution in [0.1, 0.15) is 45.4 Å². The van der Waals surface area contributed by atoms with Gasteiger partial charge in [-0.3, -0.25) is 4.79 Å². The zero-order chi connectivity index (χ0) is 15.1. The topological polar surface area (TPSA) is 49.3 Å². The van der Waals surface area contributed by atoms with Crippen molar-refractivity contribution >= 4 is 17.7 Å². The third kappa shape index (κ3) is 4.48. The highest BCUT2D eigenvalue weighted by Crippen LogP contribution is 2.45. The highest BCUT2D eigenvalue weighted by atomic mass is 32.2. The van der Waals surface area contributed by atoms with Gasteiger partial charge < -0.3 is 10.4 Å². The maximum Gasteiger partial charge on any atom is 0.236 e. The molecule has 1 aliphatic rings. The van der Waals surface area contributed by atoms with E-state index in [0.717, 1.165) is 43.4 Å². The molecule has 0 aromatic heterocycles. The van der Waals surface area contributed by atoms with Crippen LogP contribution in [-0.4, -0.2) is 28.4 Å². The Balaban J connectivity index is 2.02. The van der Waals surface area contributed by atoms with Gasteiger partial charge in [-0.25, -0.2) is 0 Å². The van der Waals surface area contributed by atoms with Gasteiger partial charge in [0.25, 0.3) is 0 Å². The predicted octanol–water partition coefficient (Wildman–Crippen LogP) is 3.37. The Kier molecular flexibility index (Phi) is 6.12. The van der Waals surface area contributed by atoms with Crippen molar-refractivity contribution in [2.24, 2.45) is 0 Å². The number of nitrogens with one attached hydrogen (secondary N) is 1. The van der Waals surface area contributed by atoms with Gasteiger partial charge in [-0.05, 0) is 44.7 Å². The number of rotatable bonds is 7. The smallest absolute Gasteiger partial charge is 0.236 e. The number of hydrogen-bond donors (Lipinski definition) is 2. The largest absolute Gasteiger partial charge is 0.396 e. The van der Waals surface area contributed by atoms with Crippen LogP contribution < -0.4 is 5.32 Å². The van der Waals surface area contributed by atoms with E-state index in [1.54, 1.807) is 11.8 Å². The quantitative estimate of drug-likeness (QED) is 0.812. The van der Waals surface area contributed by atoms with Crippen LogP contribution in [0.25, 0.3) is 0 Å². The molecule has 1 unspecified atom stereocenters. The Morgan fingerprint density at radius 2 is 2.00 bits per heavy atom. The van der Waals surface area contributed by atoms with Crippen LogP contribution in [0.4, 0.5) is 0 Å². The van der Waals surface area contributed by atoms with E-state index in [1.165, 1.54) is 0 Å². The highest BCUT2D eigenvalue weighted by Gasteiger charge is 2.42. The van der Waals surface area contributed by atoms with Crippen molar-refractivity contribution < 1.29 is 9.90 Å². The van der Waals surface area contributed by atoms with Crippen LogP contribution in [0.5, 0.6) is 0 Å². The number of hydrogen-bond acceptors (Lipinski definition) is 3. The summed E-state index contributed by atoms with van der Waals surface area (Å²) in [5, 5.41) is 12.0. The molecule has 2 N–H and O–H groups in total. The number of benzene rings is 1. The first kappa shape index (κ1) is 16.4. The van der Waals surface area contributed by atoms with E-state index >= 15 is 0 Å². The van der Waals surface area contributed by atoms with Crippen molar-refractivity contribution in [1.82, 2.24) is 5.32 Å². The molecular weight excluding hydrogens is 282 g/mol. The number of carbonyl (C=O) groups is 1. The molecule has 0 saturated heterocycles. The summed E-state index contributed by atoms with van der Waals surface area (Å²) in [6.07, 6.45) is 5.71. The first-order valence-corrected chi connectivity index (χ1v) is 8.64. The Bertz CT molecular complexity index is 443. The Morgan fingerprint density at radius 1 is 1.33 bits per heavy atom. The van der Waals surface area contributed by atoms with Crippen LogP contribution in [0.3, 0.4) is 0 Å². The summed E-state index contributed by atoms with van der Waals surface area (Å²) in [4.78, 5) is 13.9. The number of carbonyl (C=O) groups excluding carboxylic acids is 1. The van der Waals surface area contributed by atoms with Crippen molar-refractivity contribution in [3.8, 4) is 0 Å². The third-order valence-electron chi connectivity index (χ3n) is 4.05. The lowest BCUT2D eigenvalue weighted by Crippen LogP contribution is -2.46. The van der Waals surface area contributed by atoms with Gasteiger partial charge in [-0.1, -0.05) is 31.0 Å². The second kappa shape index (κ2) is 7.85. The average molecular weight is 307 g/mol. The molecule has 21 heavy (non-hydrogen) atoms. The number of aliphatic hydroxyl groups is 1. The average Bonchev–Trinajstić information content (AvgIpc) is 2.96. The summed E-state index contributed by atoms with van der Waals surface area (Å²) >= 11 is 1.71. The van der Waals surface area contributed by atoms with Gasteiger partial charge in [0.15, 0.2) is 0 Å². The van der Waals surface area contributed by atoms with E-state index in [4.69, 9.17) is 5.11 Å². The molecule has 1 atom stereocenters. The van der Waals surface area contributed by atoms with Crippen LogP contribution >= 0.6 is 11.8 Å². The summed E-state index contributed by atoms with van der Waals surface area (Å²) in [5.41, 5.74) is 0. The Morgan fingerprint density at radius 3 is 2.62 bits per heavy atom. The molecule has 0 spiro atoms. The molecule has 0 bridgehead atoms. The third-order valence-corrected chi connectivity index (χ3v) is 5.55. The van der Waals surface area contributed by atoms with E-state index < -0.39 is 0 Å². The number of aliphatic hydroxyl groups excluding tert-OH is 1. The maximum atomic E-state index is 12.8. The molecule has 116 valence electrons. The predicted molar refractivity (Wildman–Crippen MR) is 87.4 cm³/mol. The van der Waals surface area contributed by atoms with E-state index in [-0.39, 0.29) is 23.3 Å². The minimum absolute atomic E-state index is 0.124. The molecule has 1 fully saturated rings. The van der Waals surface area contributed by atoms with E-state index in [0.29, 0.717) is 0 Å². The Hall–Kier alpha value is -1.00. The van der Waals surface area contributed by atoms with Crippen molar-refractivity contribution in [3.05, 3.63) is 30.3 Å². The molecule has 1 saturated carbocycles. The summed E-state index contributed by atoms with van der Waals surface area (Å²) in [5.74, 6) is 0.166. The van der Waals surface area contributed by atoms with Crippen LogP contribution in [0, 0.1) is 0 Å². The molecule has 3 nitrogen and oxygen atoms in total. The van der Waals surface area contributed by atoms with E-state index in [1.807, 2.05) is 25.1 Å². The van der Waals surface area contributed by atoms with E-state index in [2.05, 4.69) is 17.4 Å². The van der Waals surface area contributed by atoms with Crippen molar-refractivity contribution in [3.63, 3.8) is 0 Å². The normalized spacial score (nSPS) is 18.4. The fourth-order valence-electron chi connectivity index (χ4n) is 2.86. The van der Waals surface area contributed by atoms with Crippen LogP contribution in [-0.2, 0) is 4.79 Å². The summed E-state index contributed by atoms with van der Waals surface area (Å²) < 4.78 is -0.311. The zero-order valence-electron chi connectivity index (χ0n) is 12.7. The van der Waals surface area contributed by atoms with Gasteiger partial charge in [0, 0.05) is 17.5 Å². The maximum absolute atomic E-state index is 12.8. The molecule has 1 aliphatic carbocycles. The molecule has 0 heterocycles. The molecule has 4 heteroatoms. The lowest BCUT2D eigenvalue weighted by atomic mass is 10.1. The van der Waals surface area contributed by atoms with Gasteiger partial charge in [0.2, 0.25) is 5.91 Å².